The van der Waals surface area contributed by atoms with Crippen molar-refractivity contribution >= 4 is 5.91 Å². The van der Waals surface area contributed by atoms with Crippen molar-refractivity contribution in [2.45, 2.75) is 32.1 Å². The van der Waals surface area contributed by atoms with Gasteiger partial charge in [-0.1, -0.05) is 12.1 Å². The largest absolute Gasteiger partial charge is 0.342 e. The number of amides is 1. The van der Waals surface area contributed by atoms with Crippen LogP contribution in [0.4, 0.5) is 0 Å². The number of pyridine rings is 1. The summed E-state index contributed by atoms with van der Waals surface area (Å²) in [5.41, 5.74) is 0.532. The van der Waals surface area contributed by atoms with Gasteiger partial charge < -0.3 is 14.4 Å². The van der Waals surface area contributed by atoms with Crippen LogP contribution in [0.25, 0.3) is 11.5 Å². The standard InChI is InChI=1S/C17H20N4O3/c1-10-8-13(10)17(23)21-6-4-11(5-7-21)15-19-16(24-20-15)12-2-3-14(22)18-9-12/h2-3,9-11,13H,4-8H2,1H3,(H,18,22). The summed E-state index contributed by atoms with van der Waals surface area (Å²) in [6.07, 6.45) is 4.32. The number of H-pyrrole nitrogens is 1. The first-order valence-electron chi connectivity index (χ1n) is 8.43. The highest BCUT2D eigenvalue weighted by atomic mass is 16.5. The molecule has 1 saturated heterocycles. The second kappa shape index (κ2) is 5.89. The van der Waals surface area contributed by atoms with Crippen molar-refractivity contribution in [1.29, 1.82) is 0 Å². The second-order valence-electron chi connectivity index (χ2n) is 6.82. The molecule has 24 heavy (non-hydrogen) atoms. The summed E-state index contributed by atoms with van der Waals surface area (Å²) in [5.74, 6) is 2.41. The summed E-state index contributed by atoms with van der Waals surface area (Å²) in [5, 5.41) is 4.09. The Kier molecular flexibility index (Phi) is 3.70. The van der Waals surface area contributed by atoms with Gasteiger partial charge in [0.2, 0.25) is 11.5 Å². The smallest absolute Gasteiger partial charge is 0.259 e. The van der Waals surface area contributed by atoms with Crippen LogP contribution in [0.1, 0.15) is 37.9 Å². The summed E-state index contributed by atoms with van der Waals surface area (Å²) < 4.78 is 5.32. The average molecular weight is 328 g/mol. The Labute approximate surface area is 139 Å². The summed E-state index contributed by atoms with van der Waals surface area (Å²) in [6.45, 7) is 3.65. The maximum absolute atomic E-state index is 12.3. The summed E-state index contributed by atoms with van der Waals surface area (Å²) in [6, 6.07) is 3.09. The topological polar surface area (TPSA) is 92.1 Å². The van der Waals surface area contributed by atoms with Gasteiger partial charge in [-0.2, -0.15) is 4.98 Å². The van der Waals surface area contributed by atoms with E-state index >= 15 is 0 Å². The fraction of sp³-hybridized carbons (Fsp3) is 0.529. The third-order valence-corrected chi connectivity index (χ3v) is 5.07. The van der Waals surface area contributed by atoms with E-state index < -0.39 is 0 Å². The third kappa shape index (κ3) is 2.86. The van der Waals surface area contributed by atoms with Gasteiger partial charge >= 0.3 is 0 Å². The lowest BCUT2D eigenvalue weighted by Gasteiger charge is -2.30. The summed E-state index contributed by atoms with van der Waals surface area (Å²) >= 11 is 0. The van der Waals surface area contributed by atoms with E-state index in [9.17, 15) is 9.59 Å². The molecule has 0 spiro atoms. The van der Waals surface area contributed by atoms with Gasteiger partial charge in [0.15, 0.2) is 5.82 Å². The van der Waals surface area contributed by atoms with Crippen LogP contribution < -0.4 is 5.56 Å². The van der Waals surface area contributed by atoms with Gasteiger partial charge in [-0.05, 0) is 31.2 Å². The van der Waals surface area contributed by atoms with E-state index in [0.29, 0.717) is 29.1 Å². The normalized spacial score (nSPS) is 24.1. The minimum absolute atomic E-state index is 0.166. The first-order valence-corrected chi connectivity index (χ1v) is 8.43. The van der Waals surface area contributed by atoms with Gasteiger partial charge in [-0.15, -0.1) is 0 Å². The number of hydrogen-bond donors (Lipinski definition) is 1. The van der Waals surface area contributed by atoms with Crippen molar-refractivity contribution in [2.75, 3.05) is 13.1 Å². The molecule has 2 aromatic rings. The van der Waals surface area contributed by atoms with Gasteiger partial charge in [0, 0.05) is 37.2 Å². The molecule has 126 valence electrons. The Balaban J connectivity index is 1.40. The molecule has 2 aliphatic rings. The number of piperidine rings is 1. The lowest BCUT2D eigenvalue weighted by molar-refractivity contribution is -0.133. The van der Waals surface area contributed by atoms with E-state index in [2.05, 4.69) is 22.0 Å². The molecular formula is C17H20N4O3. The lowest BCUT2D eigenvalue weighted by atomic mass is 9.96. The Bertz CT molecular complexity index is 784. The molecule has 1 amide bonds. The van der Waals surface area contributed by atoms with Crippen LogP contribution in [-0.2, 0) is 4.79 Å². The summed E-state index contributed by atoms with van der Waals surface area (Å²) in [4.78, 5) is 32.4. The van der Waals surface area contributed by atoms with Crippen molar-refractivity contribution in [3.8, 4) is 11.5 Å². The Morgan fingerprint density at radius 1 is 1.33 bits per heavy atom. The molecule has 4 rings (SSSR count). The first kappa shape index (κ1) is 15.1. The van der Waals surface area contributed by atoms with Crippen molar-refractivity contribution in [1.82, 2.24) is 20.0 Å². The van der Waals surface area contributed by atoms with Crippen LogP contribution in [-0.4, -0.2) is 39.0 Å². The zero-order valence-corrected chi connectivity index (χ0v) is 13.6. The zero-order chi connectivity index (χ0) is 16.7. The van der Waals surface area contributed by atoms with Gasteiger partial charge in [-0.25, -0.2) is 0 Å². The van der Waals surface area contributed by atoms with Gasteiger partial charge in [0.05, 0.1) is 5.56 Å². The number of carbonyl (C=O) groups is 1. The molecule has 7 nitrogen and oxygen atoms in total. The molecule has 0 bridgehead atoms. The highest BCUT2D eigenvalue weighted by Gasteiger charge is 2.42. The van der Waals surface area contributed by atoms with E-state index in [-0.39, 0.29) is 17.4 Å². The van der Waals surface area contributed by atoms with Crippen molar-refractivity contribution < 1.29 is 9.32 Å². The predicted octanol–water partition coefficient (Wildman–Crippen LogP) is 1.79. The molecule has 2 aromatic heterocycles. The van der Waals surface area contributed by atoms with Crippen molar-refractivity contribution in [3.63, 3.8) is 0 Å². The van der Waals surface area contributed by atoms with Crippen molar-refractivity contribution in [3.05, 3.63) is 34.5 Å². The molecule has 1 N–H and O–H groups in total. The lowest BCUT2D eigenvalue weighted by Crippen LogP contribution is -2.39. The monoisotopic (exact) mass is 328 g/mol. The van der Waals surface area contributed by atoms with Gasteiger partial charge in [0.1, 0.15) is 0 Å². The van der Waals surface area contributed by atoms with Crippen LogP contribution >= 0.6 is 0 Å². The highest BCUT2D eigenvalue weighted by Crippen LogP contribution is 2.40. The van der Waals surface area contributed by atoms with E-state index in [0.717, 1.165) is 32.4 Å². The van der Waals surface area contributed by atoms with E-state index in [4.69, 9.17) is 4.52 Å². The SMILES string of the molecule is CC1CC1C(=O)N1CCC(c2noc(-c3ccc(=O)[nH]c3)n2)CC1. The molecule has 3 heterocycles. The van der Waals surface area contributed by atoms with Crippen LogP contribution in [0.15, 0.2) is 27.6 Å². The van der Waals surface area contributed by atoms with E-state index in [1.54, 1.807) is 12.3 Å². The second-order valence-corrected chi connectivity index (χ2v) is 6.82. The van der Waals surface area contributed by atoms with Crippen LogP contribution in [0.5, 0.6) is 0 Å². The highest BCUT2D eigenvalue weighted by molar-refractivity contribution is 5.81. The number of carbonyl (C=O) groups excluding carboxylic acids is 1. The fourth-order valence-electron chi connectivity index (χ4n) is 3.32. The zero-order valence-electron chi connectivity index (χ0n) is 13.6. The van der Waals surface area contributed by atoms with Gasteiger partial charge in [-0.3, -0.25) is 9.59 Å². The number of aromatic nitrogens is 3. The predicted molar refractivity (Wildman–Crippen MR) is 86.2 cm³/mol. The van der Waals surface area contributed by atoms with E-state index in [1.807, 2.05) is 4.90 Å². The first-order chi connectivity index (χ1) is 11.6. The molecule has 0 aromatic carbocycles. The maximum Gasteiger partial charge on any atom is 0.259 e. The molecule has 2 unspecified atom stereocenters. The molecule has 2 fully saturated rings. The molecule has 1 aliphatic heterocycles. The Morgan fingerprint density at radius 2 is 2.08 bits per heavy atom. The molecular weight excluding hydrogens is 308 g/mol. The quantitative estimate of drug-likeness (QED) is 0.927. The Morgan fingerprint density at radius 3 is 2.71 bits per heavy atom. The Hall–Kier alpha value is -2.44. The third-order valence-electron chi connectivity index (χ3n) is 5.07. The van der Waals surface area contributed by atoms with E-state index in [1.165, 1.54) is 6.07 Å². The number of hydrogen-bond acceptors (Lipinski definition) is 5. The minimum Gasteiger partial charge on any atom is -0.342 e. The number of nitrogens with one attached hydrogen (secondary N) is 1. The average Bonchev–Trinajstić information content (AvgIpc) is 3.13. The van der Waals surface area contributed by atoms with Crippen molar-refractivity contribution in [2.24, 2.45) is 11.8 Å². The van der Waals surface area contributed by atoms with Gasteiger partial charge in [0.25, 0.3) is 5.89 Å². The molecule has 1 saturated carbocycles. The number of aromatic amines is 1. The fourth-order valence-corrected chi connectivity index (χ4v) is 3.32. The van der Waals surface area contributed by atoms with Crippen LogP contribution in [0.2, 0.25) is 0 Å². The minimum atomic E-state index is -0.166. The number of rotatable bonds is 3. The summed E-state index contributed by atoms with van der Waals surface area (Å²) in [7, 11) is 0. The molecule has 1 aliphatic carbocycles. The number of nitrogens with zero attached hydrogens (tertiary/aromatic N) is 3. The molecule has 2 atom stereocenters. The van der Waals surface area contributed by atoms with Crippen LogP contribution in [0.3, 0.4) is 0 Å². The van der Waals surface area contributed by atoms with Crippen LogP contribution in [0, 0.1) is 11.8 Å². The maximum atomic E-state index is 12.3. The number of likely N-dealkylation sites (tertiary alicyclic amines) is 1. The molecule has 0 radical (unpaired) electrons. The molecule has 7 heteroatoms.